The molecule has 0 radical (unpaired) electrons. The van der Waals surface area contributed by atoms with E-state index in [0.29, 0.717) is 30.5 Å². The first-order valence-electron chi connectivity index (χ1n) is 7.59. The SMILES string of the molecule is Fc1ccc(-c2nnc(CN3CCOC(c4nccs4)C3)o2)cc1. The van der Waals surface area contributed by atoms with Crippen molar-refractivity contribution >= 4 is 11.3 Å². The van der Waals surface area contributed by atoms with Crippen molar-refractivity contribution in [3.63, 3.8) is 0 Å². The Bertz CT molecular complexity index is 791. The predicted octanol–water partition coefficient (Wildman–Crippen LogP) is 2.91. The van der Waals surface area contributed by atoms with Gasteiger partial charge in [0.15, 0.2) is 0 Å². The summed E-state index contributed by atoms with van der Waals surface area (Å²) in [5.41, 5.74) is 0.706. The highest BCUT2D eigenvalue weighted by Crippen LogP contribution is 2.25. The second-order valence-electron chi connectivity index (χ2n) is 5.47. The number of nitrogens with zero attached hydrogens (tertiary/aromatic N) is 4. The molecule has 124 valence electrons. The predicted molar refractivity (Wildman–Crippen MR) is 85.8 cm³/mol. The zero-order chi connectivity index (χ0) is 16.4. The summed E-state index contributed by atoms with van der Waals surface area (Å²) in [6.07, 6.45) is 1.77. The number of benzene rings is 1. The van der Waals surface area contributed by atoms with Gasteiger partial charge in [0.25, 0.3) is 0 Å². The van der Waals surface area contributed by atoms with Crippen LogP contribution in [0.25, 0.3) is 11.5 Å². The summed E-state index contributed by atoms with van der Waals surface area (Å²) in [5.74, 6) is 0.642. The number of halogens is 1. The average molecular weight is 346 g/mol. The van der Waals surface area contributed by atoms with E-state index in [-0.39, 0.29) is 11.9 Å². The van der Waals surface area contributed by atoms with E-state index in [1.807, 2.05) is 5.38 Å². The molecule has 6 nitrogen and oxygen atoms in total. The highest BCUT2D eigenvalue weighted by molar-refractivity contribution is 7.09. The molecule has 24 heavy (non-hydrogen) atoms. The van der Waals surface area contributed by atoms with Crippen LogP contribution in [0.5, 0.6) is 0 Å². The van der Waals surface area contributed by atoms with Crippen LogP contribution < -0.4 is 0 Å². The van der Waals surface area contributed by atoms with Crippen molar-refractivity contribution in [2.75, 3.05) is 19.7 Å². The molecule has 1 atom stereocenters. The minimum atomic E-state index is -0.292. The van der Waals surface area contributed by atoms with E-state index in [1.165, 1.54) is 12.1 Å². The fourth-order valence-electron chi connectivity index (χ4n) is 2.61. The van der Waals surface area contributed by atoms with Crippen LogP contribution in [-0.2, 0) is 11.3 Å². The smallest absolute Gasteiger partial charge is 0.247 e. The van der Waals surface area contributed by atoms with Crippen molar-refractivity contribution in [3.05, 3.63) is 52.6 Å². The lowest BCUT2D eigenvalue weighted by Crippen LogP contribution is -2.37. The van der Waals surface area contributed by atoms with E-state index in [9.17, 15) is 4.39 Å². The van der Waals surface area contributed by atoms with E-state index >= 15 is 0 Å². The van der Waals surface area contributed by atoms with Crippen molar-refractivity contribution in [2.45, 2.75) is 12.6 Å². The maximum absolute atomic E-state index is 13.0. The number of thiazole rings is 1. The highest BCUT2D eigenvalue weighted by Gasteiger charge is 2.25. The quantitative estimate of drug-likeness (QED) is 0.724. The Labute approximate surface area is 141 Å². The Balaban J connectivity index is 1.43. The Morgan fingerprint density at radius 2 is 2.12 bits per heavy atom. The molecule has 1 unspecified atom stereocenters. The molecule has 1 aromatic carbocycles. The topological polar surface area (TPSA) is 64.3 Å². The van der Waals surface area contributed by atoms with E-state index in [0.717, 1.165) is 18.1 Å². The molecule has 8 heteroatoms. The van der Waals surface area contributed by atoms with E-state index in [4.69, 9.17) is 9.15 Å². The lowest BCUT2D eigenvalue weighted by molar-refractivity contribution is -0.0352. The number of ether oxygens (including phenoxy) is 1. The van der Waals surface area contributed by atoms with Crippen molar-refractivity contribution in [1.82, 2.24) is 20.1 Å². The molecular formula is C16H15FN4O2S. The third kappa shape index (κ3) is 3.35. The van der Waals surface area contributed by atoms with Gasteiger partial charge in [-0.05, 0) is 24.3 Å². The van der Waals surface area contributed by atoms with E-state index in [1.54, 1.807) is 29.7 Å². The van der Waals surface area contributed by atoms with Gasteiger partial charge in [-0.1, -0.05) is 0 Å². The molecule has 1 saturated heterocycles. The lowest BCUT2D eigenvalue weighted by Gasteiger charge is -2.30. The molecule has 0 amide bonds. The minimum Gasteiger partial charge on any atom is -0.419 e. The maximum Gasteiger partial charge on any atom is 0.247 e. The molecule has 0 spiro atoms. The van der Waals surface area contributed by atoms with Gasteiger partial charge >= 0.3 is 0 Å². The lowest BCUT2D eigenvalue weighted by atomic mass is 10.2. The van der Waals surface area contributed by atoms with Crippen LogP contribution in [0, 0.1) is 5.82 Å². The van der Waals surface area contributed by atoms with Gasteiger partial charge in [-0.3, -0.25) is 4.90 Å². The first kappa shape index (κ1) is 15.4. The van der Waals surface area contributed by atoms with Gasteiger partial charge in [0.2, 0.25) is 11.8 Å². The summed E-state index contributed by atoms with van der Waals surface area (Å²) < 4.78 is 24.5. The van der Waals surface area contributed by atoms with Gasteiger partial charge in [0, 0.05) is 30.2 Å². The minimum absolute atomic E-state index is 0.0155. The van der Waals surface area contributed by atoms with Crippen molar-refractivity contribution in [1.29, 1.82) is 0 Å². The summed E-state index contributed by atoms with van der Waals surface area (Å²) in [4.78, 5) is 6.52. The first-order chi connectivity index (χ1) is 11.8. The Kier molecular flexibility index (Phi) is 4.33. The van der Waals surface area contributed by atoms with Crippen molar-refractivity contribution in [3.8, 4) is 11.5 Å². The Morgan fingerprint density at radius 3 is 2.92 bits per heavy atom. The Morgan fingerprint density at radius 1 is 1.25 bits per heavy atom. The van der Waals surface area contributed by atoms with Crippen LogP contribution in [0.1, 0.15) is 17.0 Å². The summed E-state index contributed by atoms with van der Waals surface area (Å²) >= 11 is 1.60. The number of morpholine rings is 1. The van der Waals surface area contributed by atoms with Crippen molar-refractivity contribution in [2.24, 2.45) is 0 Å². The molecule has 0 bridgehead atoms. The van der Waals surface area contributed by atoms with Crippen LogP contribution in [0.3, 0.4) is 0 Å². The number of aromatic nitrogens is 3. The summed E-state index contributed by atoms with van der Waals surface area (Å²) in [7, 11) is 0. The van der Waals surface area contributed by atoms with Crippen LogP contribution in [0.2, 0.25) is 0 Å². The van der Waals surface area contributed by atoms with Crippen LogP contribution in [-0.4, -0.2) is 39.8 Å². The standard InChI is InChI=1S/C16H15FN4O2S/c17-12-3-1-11(2-4-12)15-20-19-14(23-15)10-21-6-7-22-13(9-21)16-18-5-8-24-16/h1-5,8,13H,6-7,9-10H2. The molecule has 0 saturated carbocycles. The third-order valence-corrected chi connectivity index (χ3v) is 4.66. The molecule has 1 fully saturated rings. The van der Waals surface area contributed by atoms with Crippen LogP contribution in [0.15, 0.2) is 40.3 Å². The second kappa shape index (κ2) is 6.76. The second-order valence-corrected chi connectivity index (χ2v) is 6.40. The third-order valence-electron chi connectivity index (χ3n) is 3.79. The molecule has 1 aliphatic rings. The maximum atomic E-state index is 13.0. The van der Waals surface area contributed by atoms with Gasteiger partial charge < -0.3 is 9.15 Å². The average Bonchev–Trinajstić information content (AvgIpc) is 3.28. The largest absolute Gasteiger partial charge is 0.419 e. The number of rotatable bonds is 4. The van der Waals surface area contributed by atoms with Gasteiger partial charge in [-0.15, -0.1) is 21.5 Å². The van der Waals surface area contributed by atoms with Gasteiger partial charge in [0.05, 0.1) is 13.2 Å². The zero-order valence-electron chi connectivity index (χ0n) is 12.8. The van der Waals surface area contributed by atoms with Crippen LogP contribution >= 0.6 is 11.3 Å². The van der Waals surface area contributed by atoms with Gasteiger partial charge in [-0.2, -0.15) is 0 Å². The first-order valence-corrected chi connectivity index (χ1v) is 8.47. The van der Waals surface area contributed by atoms with Crippen molar-refractivity contribution < 1.29 is 13.5 Å². The number of hydrogen-bond donors (Lipinski definition) is 0. The highest BCUT2D eigenvalue weighted by atomic mass is 32.1. The van der Waals surface area contributed by atoms with Gasteiger partial charge in [-0.25, -0.2) is 9.37 Å². The number of hydrogen-bond acceptors (Lipinski definition) is 7. The molecule has 0 aliphatic carbocycles. The van der Waals surface area contributed by atoms with E-state index < -0.39 is 0 Å². The Hall–Kier alpha value is -2.16. The molecule has 3 aromatic rings. The van der Waals surface area contributed by atoms with Crippen LogP contribution in [0.4, 0.5) is 4.39 Å². The molecule has 2 aromatic heterocycles. The molecule has 0 N–H and O–H groups in total. The normalized spacial score (nSPS) is 18.8. The van der Waals surface area contributed by atoms with E-state index in [2.05, 4.69) is 20.1 Å². The summed E-state index contributed by atoms with van der Waals surface area (Å²) in [5, 5.41) is 11.1. The molecule has 1 aliphatic heterocycles. The monoisotopic (exact) mass is 346 g/mol. The summed E-state index contributed by atoms with van der Waals surface area (Å²) in [6.45, 7) is 2.74. The molecule has 3 heterocycles. The zero-order valence-corrected chi connectivity index (χ0v) is 13.6. The summed E-state index contributed by atoms with van der Waals surface area (Å²) in [6, 6.07) is 6.00. The van der Waals surface area contributed by atoms with Gasteiger partial charge in [0.1, 0.15) is 16.9 Å². The fourth-order valence-corrected chi connectivity index (χ4v) is 3.28. The molecule has 4 rings (SSSR count). The molecular weight excluding hydrogens is 331 g/mol. The fraction of sp³-hybridized carbons (Fsp3) is 0.312.